The molecule has 1 aliphatic rings. The zero-order valence-electron chi connectivity index (χ0n) is 11.2. The first-order chi connectivity index (χ1) is 8.78. The molecular formula is C15H24N2O. The van der Waals surface area contributed by atoms with Crippen LogP contribution in [0.5, 0.6) is 0 Å². The van der Waals surface area contributed by atoms with Gasteiger partial charge in [0.1, 0.15) is 0 Å². The molecule has 2 rings (SSSR count). The van der Waals surface area contributed by atoms with Crippen molar-refractivity contribution in [2.75, 3.05) is 25.0 Å². The van der Waals surface area contributed by atoms with Gasteiger partial charge in [-0.3, -0.25) is 0 Å². The van der Waals surface area contributed by atoms with Crippen molar-refractivity contribution in [3.63, 3.8) is 0 Å². The van der Waals surface area contributed by atoms with E-state index in [0.29, 0.717) is 6.04 Å². The van der Waals surface area contributed by atoms with Crippen molar-refractivity contribution >= 4 is 5.69 Å². The number of β-amino-alcohol motifs (C(OH)–C–C–N with tert-alkyl or cyclic N) is 1. The molecule has 1 fully saturated rings. The van der Waals surface area contributed by atoms with Gasteiger partial charge >= 0.3 is 0 Å². The maximum atomic E-state index is 9.65. The summed E-state index contributed by atoms with van der Waals surface area (Å²) >= 11 is 0. The average molecular weight is 248 g/mol. The SMILES string of the molecule is CCC(O)CN1CCC(Nc2ccccc2)CC1. The van der Waals surface area contributed by atoms with Crippen LogP contribution in [-0.4, -0.2) is 41.8 Å². The molecule has 0 radical (unpaired) electrons. The van der Waals surface area contributed by atoms with Crippen molar-refractivity contribution in [2.24, 2.45) is 0 Å². The lowest BCUT2D eigenvalue weighted by Gasteiger charge is -2.33. The van der Waals surface area contributed by atoms with Gasteiger partial charge < -0.3 is 15.3 Å². The predicted molar refractivity (Wildman–Crippen MR) is 75.8 cm³/mol. The number of likely N-dealkylation sites (tertiary alicyclic amines) is 1. The molecule has 1 heterocycles. The van der Waals surface area contributed by atoms with Crippen LogP contribution >= 0.6 is 0 Å². The monoisotopic (exact) mass is 248 g/mol. The van der Waals surface area contributed by atoms with Crippen LogP contribution in [-0.2, 0) is 0 Å². The van der Waals surface area contributed by atoms with Gasteiger partial charge in [-0.2, -0.15) is 0 Å². The van der Waals surface area contributed by atoms with E-state index in [1.165, 1.54) is 5.69 Å². The average Bonchev–Trinajstić information content (AvgIpc) is 2.42. The first-order valence-electron chi connectivity index (χ1n) is 7.00. The van der Waals surface area contributed by atoms with Gasteiger partial charge in [0.25, 0.3) is 0 Å². The Hall–Kier alpha value is -1.06. The summed E-state index contributed by atoms with van der Waals surface area (Å²) in [6.07, 6.45) is 3.00. The number of hydrogen-bond donors (Lipinski definition) is 2. The lowest BCUT2D eigenvalue weighted by atomic mass is 10.0. The van der Waals surface area contributed by atoms with Crippen LogP contribution in [0.2, 0.25) is 0 Å². The molecule has 0 amide bonds. The van der Waals surface area contributed by atoms with Crippen LogP contribution in [0.25, 0.3) is 0 Å². The third-order valence-electron chi connectivity index (χ3n) is 3.67. The molecule has 0 spiro atoms. The third-order valence-corrected chi connectivity index (χ3v) is 3.67. The molecule has 0 bridgehead atoms. The van der Waals surface area contributed by atoms with Crippen LogP contribution in [0.15, 0.2) is 30.3 Å². The van der Waals surface area contributed by atoms with Gasteiger partial charge in [0.15, 0.2) is 0 Å². The molecule has 18 heavy (non-hydrogen) atoms. The maximum Gasteiger partial charge on any atom is 0.0664 e. The Balaban J connectivity index is 1.73. The van der Waals surface area contributed by atoms with E-state index in [4.69, 9.17) is 0 Å². The Kier molecular flexibility index (Phi) is 5.02. The second-order valence-electron chi connectivity index (χ2n) is 5.15. The Morgan fingerprint density at radius 1 is 1.28 bits per heavy atom. The number of rotatable bonds is 5. The van der Waals surface area contributed by atoms with Crippen molar-refractivity contribution in [3.8, 4) is 0 Å². The van der Waals surface area contributed by atoms with Crippen LogP contribution in [0, 0.1) is 0 Å². The van der Waals surface area contributed by atoms with E-state index in [9.17, 15) is 5.11 Å². The first kappa shape index (κ1) is 13.4. The van der Waals surface area contributed by atoms with Crippen LogP contribution in [0.1, 0.15) is 26.2 Å². The number of piperidine rings is 1. The highest BCUT2D eigenvalue weighted by molar-refractivity contribution is 5.43. The molecule has 1 aromatic rings. The summed E-state index contributed by atoms with van der Waals surface area (Å²) in [6, 6.07) is 11.0. The molecule has 1 aliphatic heterocycles. The fourth-order valence-electron chi connectivity index (χ4n) is 2.46. The summed E-state index contributed by atoms with van der Waals surface area (Å²) in [7, 11) is 0. The summed E-state index contributed by atoms with van der Waals surface area (Å²) in [4.78, 5) is 2.37. The molecule has 3 nitrogen and oxygen atoms in total. The number of aliphatic hydroxyl groups excluding tert-OH is 1. The molecule has 100 valence electrons. The van der Waals surface area contributed by atoms with Crippen molar-refractivity contribution in [1.82, 2.24) is 4.90 Å². The molecule has 1 atom stereocenters. The summed E-state index contributed by atoms with van der Waals surface area (Å²) < 4.78 is 0. The van der Waals surface area contributed by atoms with Gasteiger partial charge in [0, 0.05) is 31.4 Å². The number of nitrogens with zero attached hydrogens (tertiary/aromatic N) is 1. The first-order valence-corrected chi connectivity index (χ1v) is 7.00. The van der Waals surface area contributed by atoms with E-state index in [1.807, 2.05) is 13.0 Å². The summed E-state index contributed by atoms with van der Waals surface area (Å²) in [5.41, 5.74) is 1.21. The minimum atomic E-state index is -0.163. The highest BCUT2D eigenvalue weighted by Crippen LogP contribution is 2.16. The number of para-hydroxylation sites is 1. The standard InChI is InChI=1S/C15H24N2O/c1-2-15(18)12-17-10-8-14(9-11-17)16-13-6-4-3-5-7-13/h3-7,14-16,18H,2,8-12H2,1H3. The molecule has 0 aromatic heterocycles. The van der Waals surface area contributed by atoms with Gasteiger partial charge in [-0.1, -0.05) is 25.1 Å². The molecule has 1 aromatic carbocycles. The molecule has 1 unspecified atom stereocenters. The fraction of sp³-hybridized carbons (Fsp3) is 0.600. The highest BCUT2D eigenvalue weighted by atomic mass is 16.3. The third kappa shape index (κ3) is 4.00. The van der Waals surface area contributed by atoms with E-state index in [1.54, 1.807) is 0 Å². The smallest absolute Gasteiger partial charge is 0.0664 e. The van der Waals surface area contributed by atoms with Gasteiger partial charge in [-0.25, -0.2) is 0 Å². The zero-order valence-corrected chi connectivity index (χ0v) is 11.2. The van der Waals surface area contributed by atoms with Gasteiger partial charge in [-0.15, -0.1) is 0 Å². The van der Waals surface area contributed by atoms with Crippen molar-refractivity contribution in [3.05, 3.63) is 30.3 Å². The van der Waals surface area contributed by atoms with E-state index >= 15 is 0 Å². The summed E-state index contributed by atoms with van der Waals surface area (Å²) in [5, 5.41) is 13.2. The normalized spacial score (nSPS) is 19.7. The Labute approximate surface area is 110 Å². The largest absolute Gasteiger partial charge is 0.392 e. The fourth-order valence-corrected chi connectivity index (χ4v) is 2.46. The van der Waals surface area contributed by atoms with Crippen LogP contribution in [0.3, 0.4) is 0 Å². The minimum absolute atomic E-state index is 0.163. The number of benzene rings is 1. The second kappa shape index (κ2) is 6.76. The number of nitrogens with one attached hydrogen (secondary N) is 1. The van der Waals surface area contributed by atoms with Crippen molar-refractivity contribution in [1.29, 1.82) is 0 Å². The second-order valence-corrected chi connectivity index (χ2v) is 5.15. The predicted octanol–water partition coefficient (Wildman–Crippen LogP) is 2.33. The minimum Gasteiger partial charge on any atom is -0.392 e. The van der Waals surface area contributed by atoms with Gasteiger partial charge in [0.2, 0.25) is 0 Å². The van der Waals surface area contributed by atoms with Gasteiger partial charge in [0.05, 0.1) is 6.10 Å². The lowest BCUT2D eigenvalue weighted by molar-refractivity contribution is 0.0962. The molecule has 0 aliphatic carbocycles. The molecular weight excluding hydrogens is 224 g/mol. The number of aliphatic hydroxyl groups is 1. The highest BCUT2D eigenvalue weighted by Gasteiger charge is 2.20. The Morgan fingerprint density at radius 2 is 1.94 bits per heavy atom. The van der Waals surface area contributed by atoms with E-state index in [-0.39, 0.29) is 6.10 Å². The molecule has 2 N–H and O–H groups in total. The Bertz CT molecular complexity index is 334. The van der Waals surface area contributed by atoms with Crippen molar-refractivity contribution in [2.45, 2.75) is 38.3 Å². The zero-order chi connectivity index (χ0) is 12.8. The lowest BCUT2D eigenvalue weighted by Crippen LogP contribution is -2.42. The summed E-state index contributed by atoms with van der Waals surface area (Å²) in [5.74, 6) is 0. The van der Waals surface area contributed by atoms with Crippen LogP contribution < -0.4 is 5.32 Å². The molecule has 3 heteroatoms. The topological polar surface area (TPSA) is 35.5 Å². The molecule has 1 saturated heterocycles. The van der Waals surface area contributed by atoms with E-state index in [0.717, 1.165) is 38.9 Å². The maximum absolute atomic E-state index is 9.65. The van der Waals surface area contributed by atoms with E-state index in [2.05, 4.69) is 34.5 Å². The number of hydrogen-bond acceptors (Lipinski definition) is 3. The number of anilines is 1. The molecule has 0 saturated carbocycles. The van der Waals surface area contributed by atoms with E-state index < -0.39 is 0 Å². The van der Waals surface area contributed by atoms with Gasteiger partial charge in [-0.05, 0) is 31.4 Å². The quantitative estimate of drug-likeness (QED) is 0.839. The summed E-state index contributed by atoms with van der Waals surface area (Å²) in [6.45, 7) is 5.03. The Morgan fingerprint density at radius 3 is 2.56 bits per heavy atom. The van der Waals surface area contributed by atoms with Crippen molar-refractivity contribution < 1.29 is 5.11 Å². The van der Waals surface area contributed by atoms with Crippen LogP contribution in [0.4, 0.5) is 5.69 Å².